The third-order valence-corrected chi connectivity index (χ3v) is 4.42. The molecular weight excluding hydrogens is 394 g/mol. The minimum Gasteiger partial charge on any atom is -0.497 e. The first-order valence-electron chi connectivity index (χ1n) is 9.59. The summed E-state index contributed by atoms with van der Waals surface area (Å²) in [5.74, 6) is 0.478. The van der Waals surface area contributed by atoms with Gasteiger partial charge >= 0.3 is 5.97 Å². The summed E-state index contributed by atoms with van der Waals surface area (Å²) in [7, 11) is 3.48. The lowest BCUT2D eigenvalue weighted by Gasteiger charge is -2.03. The fraction of sp³-hybridized carbons (Fsp3) is 0.125. The summed E-state index contributed by atoms with van der Waals surface area (Å²) in [6.07, 6.45) is 6.69. The standard InChI is InChI=1S/C24H23N3O4/c1-27-15-3-4-20(27)16-23(28)26-25-17-19-7-12-22(13-8-19)31-24(29)14-9-18-5-10-21(30-2)11-6-18/h3-15,17H,16H2,1-2H3,(H,26,28)/b14-9+,25-17?. The number of benzene rings is 2. The van der Waals surface area contributed by atoms with Crippen LogP contribution >= 0.6 is 0 Å². The first-order valence-corrected chi connectivity index (χ1v) is 9.59. The molecule has 0 aliphatic carbocycles. The number of esters is 1. The SMILES string of the molecule is COc1ccc(/C=C/C(=O)Oc2ccc(C=NNC(=O)Cc3cccn3C)cc2)cc1. The Hall–Kier alpha value is -4.13. The number of carbonyl (C=O) groups is 2. The van der Waals surface area contributed by atoms with Crippen molar-refractivity contribution >= 4 is 24.2 Å². The normalized spacial score (nSPS) is 11.0. The van der Waals surface area contributed by atoms with Gasteiger partial charge in [-0.25, -0.2) is 10.2 Å². The van der Waals surface area contributed by atoms with Crippen LogP contribution in [0.15, 0.2) is 78.0 Å². The molecule has 7 heteroatoms. The predicted octanol–water partition coefficient (Wildman–Crippen LogP) is 3.35. The van der Waals surface area contributed by atoms with E-state index in [0.29, 0.717) is 5.75 Å². The van der Waals surface area contributed by atoms with Gasteiger partial charge in [0, 0.05) is 25.0 Å². The van der Waals surface area contributed by atoms with E-state index in [-0.39, 0.29) is 12.3 Å². The molecular formula is C24H23N3O4. The summed E-state index contributed by atoms with van der Waals surface area (Å²) in [6.45, 7) is 0. The van der Waals surface area contributed by atoms with Gasteiger partial charge in [-0.05, 0) is 65.7 Å². The second-order valence-electron chi connectivity index (χ2n) is 6.68. The van der Waals surface area contributed by atoms with Crippen LogP contribution < -0.4 is 14.9 Å². The highest BCUT2D eigenvalue weighted by molar-refractivity contribution is 5.89. The molecule has 1 amide bonds. The molecule has 158 valence electrons. The van der Waals surface area contributed by atoms with E-state index < -0.39 is 5.97 Å². The third kappa shape index (κ3) is 6.71. The van der Waals surface area contributed by atoms with E-state index in [1.165, 1.54) is 12.3 Å². The maximum atomic E-state index is 12.0. The topological polar surface area (TPSA) is 81.9 Å². The number of aryl methyl sites for hydroxylation is 1. The molecule has 2 aromatic carbocycles. The van der Waals surface area contributed by atoms with Gasteiger partial charge < -0.3 is 14.0 Å². The van der Waals surface area contributed by atoms with Crippen LogP contribution in [-0.4, -0.2) is 29.8 Å². The number of hydrazone groups is 1. The van der Waals surface area contributed by atoms with Gasteiger partial charge in [-0.3, -0.25) is 4.79 Å². The maximum Gasteiger partial charge on any atom is 0.336 e. The van der Waals surface area contributed by atoms with Crippen molar-refractivity contribution in [2.24, 2.45) is 12.1 Å². The Morgan fingerprint density at radius 1 is 1.00 bits per heavy atom. The molecule has 0 aliphatic heterocycles. The molecule has 0 saturated heterocycles. The molecule has 7 nitrogen and oxygen atoms in total. The number of amides is 1. The number of nitrogens with one attached hydrogen (secondary N) is 1. The minimum absolute atomic E-state index is 0.202. The zero-order chi connectivity index (χ0) is 22.1. The van der Waals surface area contributed by atoms with Crippen molar-refractivity contribution in [2.45, 2.75) is 6.42 Å². The molecule has 1 heterocycles. The van der Waals surface area contributed by atoms with Crippen LogP contribution in [0.5, 0.6) is 11.5 Å². The molecule has 0 spiro atoms. The number of hydrogen-bond donors (Lipinski definition) is 1. The van der Waals surface area contributed by atoms with Crippen LogP contribution in [0.4, 0.5) is 0 Å². The maximum absolute atomic E-state index is 12.0. The van der Waals surface area contributed by atoms with Crippen molar-refractivity contribution < 1.29 is 19.1 Å². The van der Waals surface area contributed by atoms with E-state index >= 15 is 0 Å². The molecule has 1 aromatic heterocycles. The zero-order valence-corrected chi connectivity index (χ0v) is 17.3. The lowest BCUT2D eigenvalue weighted by atomic mass is 10.2. The van der Waals surface area contributed by atoms with Crippen LogP contribution in [0.3, 0.4) is 0 Å². The Balaban J connectivity index is 1.47. The summed E-state index contributed by atoms with van der Waals surface area (Å²) in [6, 6.07) is 17.9. The molecule has 1 N–H and O–H groups in total. The molecule has 3 rings (SSSR count). The molecule has 0 atom stereocenters. The molecule has 0 fully saturated rings. The lowest BCUT2D eigenvalue weighted by Crippen LogP contribution is -2.20. The van der Waals surface area contributed by atoms with Crippen molar-refractivity contribution in [1.82, 2.24) is 9.99 Å². The van der Waals surface area contributed by atoms with E-state index in [4.69, 9.17) is 9.47 Å². The van der Waals surface area contributed by atoms with Crippen LogP contribution in [0.25, 0.3) is 6.08 Å². The predicted molar refractivity (Wildman–Crippen MR) is 119 cm³/mol. The lowest BCUT2D eigenvalue weighted by molar-refractivity contribution is -0.129. The molecule has 0 saturated carbocycles. The first kappa shape index (κ1) is 21.6. The van der Waals surface area contributed by atoms with Gasteiger partial charge in [-0.1, -0.05) is 12.1 Å². The summed E-state index contributed by atoms with van der Waals surface area (Å²) in [5, 5.41) is 3.96. The van der Waals surface area contributed by atoms with Crippen LogP contribution in [-0.2, 0) is 23.1 Å². The minimum atomic E-state index is -0.481. The number of methoxy groups -OCH3 is 1. The van der Waals surface area contributed by atoms with Crippen LogP contribution in [0.1, 0.15) is 16.8 Å². The van der Waals surface area contributed by atoms with Gasteiger partial charge in [-0.15, -0.1) is 0 Å². The number of rotatable bonds is 8. The van der Waals surface area contributed by atoms with Crippen molar-refractivity contribution in [3.8, 4) is 11.5 Å². The van der Waals surface area contributed by atoms with E-state index in [2.05, 4.69) is 10.5 Å². The highest BCUT2D eigenvalue weighted by Gasteiger charge is 2.04. The van der Waals surface area contributed by atoms with E-state index in [0.717, 1.165) is 22.6 Å². The van der Waals surface area contributed by atoms with Gasteiger partial charge in [0.25, 0.3) is 0 Å². The van der Waals surface area contributed by atoms with Gasteiger partial charge in [0.15, 0.2) is 0 Å². The Morgan fingerprint density at radius 2 is 1.68 bits per heavy atom. The number of ether oxygens (including phenoxy) is 2. The second kappa shape index (κ2) is 10.6. The number of hydrogen-bond acceptors (Lipinski definition) is 5. The van der Waals surface area contributed by atoms with Gasteiger partial charge in [-0.2, -0.15) is 5.10 Å². The highest BCUT2D eigenvalue weighted by Crippen LogP contribution is 2.14. The number of aromatic nitrogens is 1. The molecule has 31 heavy (non-hydrogen) atoms. The zero-order valence-electron chi connectivity index (χ0n) is 17.3. The summed E-state index contributed by atoms with van der Waals surface area (Å²) < 4.78 is 12.3. The van der Waals surface area contributed by atoms with Crippen molar-refractivity contribution in [1.29, 1.82) is 0 Å². The quantitative estimate of drug-likeness (QED) is 0.200. The van der Waals surface area contributed by atoms with Gasteiger partial charge in [0.05, 0.1) is 19.7 Å². The first-order chi connectivity index (χ1) is 15.0. The van der Waals surface area contributed by atoms with Gasteiger partial charge in [0.1, 0.15) is 11.5 Å². The fourth-order valence-electron chi connectivity index (χ4n) is 2.71. The second-order valence-corrected chi connectivity index (χ2v) is 6.68. The Morgan fingerprint density at radius 3 is 2.32 bits per heavy atom. The Labute approximate surface area is 180 Å². The summed E-state index contributed by atoms with van der Waals surface area (Å²) in [4.78, 5) is 23.9. The summed E-state index contributed by atoms with van der Waals surface area (Å²) in [5.41, 5.74) is 5.02. The largest absolute Gasteiger partial charge is 0.497 e. The van der Waals surface area contributed by atoms with E-state index in [9.17, 15) is 9.59 Å². The van der Waals surface area contributed by atoms with Crippen LogP contribution in [0, 0.1) is 0 Å². The average Bonchev–Trinajstić information content (AvgIpc) is 3.18. The molecule has 0 bridgehead atoms. The molecule has 3 aromatic rings. The highest BCUT2D eigenvalue weighted by atomic mass is 16.5. The van der Waals surface area contributed by atoms with Crippen molar-refractivity contribution in [2.75, 3.05) is 7.11 Å². The van der Waals surface area contributed by atoms with E-state index in [1.807, 2.05) is 54.2 Å². The number of carbonyl (C=O) groups excluding carboxylic acids is 2. The fourth-order valence-corrected chi connectivity index (χ4v) is 2.71. The molecule has 0 unspecified atom stereocenters. The molecule has 0 aliphatic rings. The Kier molecular flexibility index (Phi) is 7.37. The summed E-state index contributed by atoms with van der Waals surface area (Å²) >= 11 is 0. The third-order valence-electron chi connectivity index (χ3n) is 4.42. The van der Waals surface area contributed by atoms with Crippen molar-refractivity contribution in [3.05, 3.63) is 89.8 Å². The number of nitrogens with zero attached hydrogens (tertiary/aromatic N) is 2. The smallest absolute Gasteiger partial charge is 0.336 e. The van der Waals surface area contributed by atoms with E-state index in [1.54, 1.807) is 37.5 Å². The monoisotopic (exact) mass is 417 g/mol. The van der Waals surface area contributed by atoms with Gasteiger partial charge in [0.2, 0.25) is 5.91 Å². The van der Waals surface area contributed by atoms with Crippen molar-refractivity contribution in [3.63, 3.8) is 0 Å². The Bertz CT molecular complexity index is 1080. The average molecular weight is 417 g/mol. The molecule has 0 radical (unpaired) electrons. The van der Waals surface area contributed by atoms with Crippen LogP contribution in [0.2, 0.25) is 0 Å².